The van der Waals surface area contributed by atoms with E-state index in [9.17, 15) is 0 Å². The molecule has 0 atom stereocenters. The van der Waals surface area contributed by atoms with Gasteiger partial charge in [-0.2, -0.15) is 0 Å². The number of furan rings is 1. The van der Waals surface area contributed by atoms with Crippen LogP contribution < -0.4 is 0 Å². The Morgan fingerprint density at radius 3 is 1.61 bits per heavy atom. The van der Waals surface area contributed by atoms with E-state index in [1.54, 1.807) is 11.1 Å². The standard InChI is InChI=1S/C58H42O/c1-2-11-42-37(10-1)24-27-50-49-17-9-18-51(57(49)58(56(42)50)40-29-34-28-35(31-40)32-41(58)30-34)55-47-15-5-3-13-45(47)54(46-14-4-6-16-48(46)55)38-22-20-36(21-23-38)39-25-26-44-43-12-7-8-19-52(43)59-53(44)33-39/h1-27,33-35,40-41H,28-32H2. The van der Waals surface area contributed by atoms with Gasteiger partial charge in [-0.15, -0.1) is 0 Å². The first-order valence-corrected chi connectivity index (χ1v) is 21.8. The van der Waals surface area contributed by atoms with Gasteiger partial charge >= 0.3 is 0 Å². The molecule has 0 radical (unpaired) electrons. The molecule has 4 bridgehead atoms. The lowest BCUT2D eigenvalue weighted by Gasteiger charge is -2.61. The van der Waals surface area contributed by atoms with Crippen LogP contribution in [0.4, 0.5) is 0 Å². The SMILES string of the molecule is c1cc2c(c(-c3c4ccccc4c(-c4ccc(-c5ccc6c(c5)oc5ccccc56)cc4)c4ccccc34)c1)C1(c3c-2ccc2ccccc32)C2CC3CC(C2)CC1C3. The minimum absolute atomic E-state index is 0.0254. The maximum Gasteiger partial charge on any atom is 0.136 e. The van der Waals surface area contributed by atoms with E-state index in [1.165, 1.54) is 114 Å². The average molecular weight is 755 g/mol. The van der Waals surface area contributed by atoms with Gasteiger partial charge in [0.05, 0.1) is 0 Å². The highest BCUT2D eigenvalue weighted by Gasteiger charge is 2.62. The van der Waals surface area contributed by atoms with Gasteiger partial charge in [-0.1, -0.05) is 152 Å². The highest BCUT2D eigenvalue weighted by molar-refractivity contribution is 6.22. The summed E-state index contributed by atoms with van der Waals surface area (Å²) in [6, 6.07) is 64.2. The molecule has 1 spiro atoms. The zero-order chi connectivity index (χ0) is 38.4. The van der Waals surface area contributed by atoms with E-state index >= 15 is 0 Å². The number of rotatable bonds is 3. The molecule has 4 saturated carbocycles. The number of hydrogen-bond acceptors (Lipinski definition) is 1. The largest absolute Gasteiger partial charge is 0.456 e. The van der Waals surface area contributed by atoms with Crippen LogP contribution in [0.1, 0.15) is 43.2 Å². The molecule has 0 amide bonds. The summed E-state index contributed by atoms with van der Waals surface area (Å²) in [6.45, 7) is 0. The topological polar surface area (TPSA) is 13.1 Å². The fraction of sp³-hybridized carbons (Fsp3) is 0.172. The zero-order valence-electron chi connectivity index (χ0n) is 32.9. The third kappa shape index (κ3) is 4.30. The Hall–Kier alpha value is -6.44. The van der Waals surface area contributed by atoms with Gasteiger partial charge in [0.15, 0.2) is 0 Å². The van der Waals surface area contributed by atoms with Crippen molar-refractivity contribution in [3.8, 4) is 44.5 Å². The van der Waals surface area contributed by atoms with Crippen molar-refractivity contribution in [3.05, 3.63) is 181 Å². The van der Waals surface area contributed by atoms with E-state index in [0.29, 0.717) is 11.8 Å². The van der Waals surface area contributed by atoms with Crippen LogP contribution >= 0.6 is 0 Å². The van der Waals surface area contributed by atoms with Crippen LogP contribution in [-0.2, 0) is 5.41 Å². The highest BCUT2D eigenvalue weighted by Crippen LogP contribution is 2.71. The number of hydrogen-bond donors (Lipinski definition) is 0. The summed E-state index contributed by atoms with van der Waals surface area (Å²) in [6.07, 6.45) is 6.92. The first-order chi connectivity index (χ1) is 29.2. The molecule has 15 rings (SSSR count). The molecule has 59 heavy (non-hydrogen) atoms. The Labute approximate surface area is 343 Å². The second-order valence-electron chi connectivity index (χ2n) is 18.3. The summed E-state index contributed by atoms with van der Waals surface area (Å²) in [5, 5.41) is 10.5. The van der Waals surface area contributed by atoms with E-state index in [2.05, 4.69) is 164 Å². The van der Waals surface area contributed by atoms with Gasteiger partial charge in [-0.05, 0) is 162 Å². The normalized spacial score (nSPS) is 22.6. The van der Waals surface area contributed by atoms with Crippen molar-refractivity contribution in [2.45, 2.75) is 37.5 Å². The molecule has 1 heterocycles. The van der Waals surface area contributed by atoms with Crippen molar-refractivity contribution < 1.29 is 4.42 Å². The molecule has 5 aliphatic carbocycles. The van der Waals surface area contributed by atoms with E-state index in [-0.39, 0.29) is 5.41 Å². The zero-order valence-corrected chi connectivity index (χ0v) is 32.9. The summed E-state index contributed by atoms with van der Waals surface area (Å²) in [5.74, 6) is 3.12. The molecule has 0 saturated heterocycles. The summed E-state index contributed by atoms with van der Waals surface area (Å²) in [7, 11) is 0. The second kappa shape index (κ2) is 11.8. The fourth-order valence-electron chi connectivity index (χ4n) is 13.7. The first-order valence-electron chi connectivity index (χ1n) is 21.8. The summed E-state index contributed by atoms with van der Waals surface area (Å²) in [5.41, 5.74) is 15.9. The number of benzene rings is 9. The predicted octanol–water partition coefficient (Wildman–Crippen LogP) is 15.8. The smallest absolute Gasteiger partial charge is 0.136 e. The maximum absolute atomic E-state index is 6.28. The molecule has 9 aromatic carbocycles. The van der Waals surface area contributed by atoms with Crippen LogP contribution in [-0.4, -0.2) is 0 Å². The van der Waals surface area contributed by atoms with Crippen LogP contribution in [0.25, 0.3) is 98.8 Å². The Kier molecular flexibility index (Phi) is 6.52. The molecule has 5 aliphatic rings. The minimum atomic E-state index is 0.0254. The maximum atomic E-state index is 6.28. The Morgan fingerprint density at radius 2 is 0.898 bits per heavy atom. The molecule has 0 unspecified atom stereocenters. The van der Waals surface area contributed by atoms with Crippen LogP contribution in [0.15, 0.2) is 174 Å². The highest BCUT2D eigenvalue weighted by atomic mass is 16.3. The molecule has 0 N–H and O–H groups in total. The summed E-state index contributed by atoms with van der Waals surface area (Å²) < 4.78 is 6.28. The van der Waals surface area contributed by atoms with Gasteiger partial charge in [0.2, 0.25) is 0 Å². The molecule has 4 fully saturated rings. The lowest BCUT2D eigenvalue weighted by molar-refractivity contribution is -0.0391. The fourth-order valence-corrected chi connectivity index (χ4v) is 13.7. The van der Waals surface area contributed by atoms with Crippen molar-refractivity contribution in [1.82, 2.24) is 0 Å². The van der Waals surface area contributed by atoms with Crippen LogP contribution in [0.2, 0.25) is 0 Å². The second-order valence-corrected chi connectivity index (χ2v) is 18.3. The van der Waals surface area contributed by atoms with E-state index in [1.807, 2.05) is 6.07 Å². The lowest BCUT2D eigenvalue weighted by atomic mass is 9.42. The molecule has 1 nitrogen and oxygen atoms in total. The molecule has 10 aromatic rings. The first kappa shape index (κ1) is 32.5. The van der Waals surface area contributed by atoms with Crippen molar-refractivity contribution in [2.24, 2.45) is 23.7 Å². The van der Waals surface area contributed by atoms with Gasteiger partial charge < -0.3 is 4.42 Å². The van der Waals surface area contributed by atoms with Gasteiger partial charge in [-0.25, -0.2) is 0 Å². The van der Waals surface area contributed by atoms with E-state index in [4.69, 9.17) is 4.42 Å². The summed E-state index contributed by atoms with van der Waals surface area (Å²) >= 11 is 0. The van der Waals surface area contributed by atoms with Crippen LogP contribution in [0.3, 0.4) is 0 Å². The third-order valence-corrected chi connectivity index (χ3v) is 15.6. The third-order valence-electron chi connectivity index (χ3n) is 15.6. The van der Waals surface area contributed by atoms with Gasteiger partial charge in [0, 0.05) is 16.2 Å². The number of fused-ring (bicyclic) bond motifs is 10. The van der Waals surface area contributed by atoms with Crippen LogP contribution in [0.5, 0.6) is 0 Å². The quantitative estimate of drug-likeness (QED) is 0.164. The van der Waals surface area contributed by atoms with Crippen molar-refractivity contribution in [3.63, 3.8) is 0 Å². The molecular weight excluding hydrogens is 713 g/mol. The molecule has 0 aliphatic heterocycles. The summed E-state index contributed by atoms with van der Waals surface area (Å²) in [4.78, 5) is 0. The lowest BCUT2D eigenvalue weighted by Crippen LogP contribution is -2.55. The van der Waals surface area contributed by atoms with Crippen molar-refractivity contribution >= 4 is 54.3 Å². The Balaban J connectivity index is 0.989. The van der Waals surface area contributed by atoms with Gasteiger partial charge in [0.25, 0.3) is 0 Å². The van der Waals surface area contributed by atoms with Gasteiger partial charge in [0.1, 0.15) is 11.2 Å². The monoisotopic (exact) mass is 754 g/mol. The van der Waals surface area contributed by atoms with Crippen LogP contribution in [0, 0.1) is 23.7 Å². The Morgan fingerprint density at radius 1 is 0.356 bits per heavy atom. The minimum Gasteiger partial charge on any atom is -0.456 e. The number of para-hydroxylation sites is 1. The Bertz CT molecular complexity index is 3310. The molecule has 1 aromatic heterocycles. The van der Waals surface area contributed by atoms with Gasteiger partial charge in [-0.3, -0.25) is 0 Å². The average Bonchev–Trinajstić information content (AvgIpc) is 3.81. The predicted molar refractivity (Wildman–Crippen MR) is 246 cm³/mol. The van der Waals surface area contributed by atoms with Crippen molar-refractivity contribution in [1.29, 1.82) is 0 Å². The van der Waals surface area contributed by atoms with Crippen molar-refractivity contribution in [2.75, 3.05) is 0 Å². The molecule has 1 heteroatoms. The molecular formula is C58H42O. The molecule has 280 valence electrons. The van der Waals surface area contributed by atoms with E-state index < -0.39 is 0 Å². The van der Waals surface area contributed by atoms with E-state index in [0.717, 1.165) is 28.4 Å².